The largest absolute Gasteiger partial charge is 0.360 e. The van der Waals surface area contributed by atoms with Gasteiger partial charge in [-0.15, -0.1) is 0 Å². The van der Waals surface area contributed by atoms with Gasteiger partial charge in [-0.3, -0.25) is 4.79 Å². The number of likely N-dealkylation sites (tertiary alicyclic amines) is 1. The van der Waals surface area contributed by atoms with Crippen LogP contribution in [0.5, 0.6) is 0 Å². The maximum atomic E-state index is 12.5. The summed E-state index contributed by atoms with van der Waals surface area (Å²) < 4.78 is 23.2. The lowest BCUT2D eigenvalue weighted by Gasteiger charge is -2.32. The first-order valence-corrected chi connectivity index (χ1v) is 10.5. The van der Waals surface area contributed by atoms with Crippen LogP contribution in [-0.4, -0.2) is 43.8 Å². The molecule has 2 aromatic rings. The monoisotopic (exact) mass is 388 g/mol. The Morgan fingerprint density at radius 3 is 2.52 bits per heavy atom. The van der Waals surface area contributed by atoms with Crippen LogP contribution in [-0.2, 0) is 21.2 Å². The summed E-state index contributed by atoms with van der Waals surface area (Å²) in [6, 6.07) is 13.2. The maximum absolute atomic E-state index is 12.5. The summed E-state index contributed by atoms with van der Waals surface area (Å²) in [5, 5.41) is 7.99. The number of primary sulfonamides is 1. The van der Waals surface area contributed by atoms with Gasteiger partial charge in [-0.25, -0.2) is 18.5 Å². The molecule has 7 nitrogen and oxygen atoms in total. The highest BCUT2D eigenvalue weighted by molar-refractivity contribution is 7.89. The van der Waals surface area contributed by atoms with Crippen LogP contribution in [0.25, 0.3) is 0 Å². The Balaban J connectivity index is 1.51. The minimum absolute atomic E-state index is 0.0110. The van der Waals surface area contributed by atoms with E-state index >= 15 is 0 Å². The number of anilines is 1. The predicted octanol–water partition coefficient (Wildman–Crippen LogP) is 1.62. The van der Waals surface area contributed by atoms with Crippen molar-refractivity contribution < 1.29 is 13.2 Å². The Morgan fingerprint density at radius 1 is 1.15 bits per heavy atom. The third-order valence-electron chi connectivity index (χ3n) is 4.82. The average molecular weight is 388 g/mol. The summed E-state index contributed by atoms with van der Waals surface area (Å²) in [5.41, 5.74) is 1.33. The van der Waals surface area contributed by atoms with E-state index in [2.05, 4.69) is 22.4 Å². The number of aromatic nitrogens is 1. The van der Waals surface area contributed by atoms with Crippen LogP contribution in [0, 0.1) is 5.92 Å². The number of hydrogen-bond donors (Lipinski definition) is 2. The van der Waals surface area contributed by atoms with Gasteiger partial charge in [0.25, 0.3) is 0 Å². The van der Waals surface area contributed by atoms with E-state index in [4.69, 9.17) is 5.14 Å². The normalized spacial score (nSPS) is 15.5. The lowest BCUT2D eigenvalue weighted by atomic mass is 9.90. The zero-order valence-corrected chi connectivity index (χ0v) is 15.9. The second-order valence-corrected chi connectivity index (χ2v) is 8.29. The standard InChI is InChI=1S/C19H24N4O3S/c20-27(25,26)17-7-4-10-21-19(17)22-14-18(24)23-11-8-16(9-12-23)13-15-5-2-1-3-6-15/h1-7,10,16H,8-9,11-14H2,(H,21,22)(H2,20,25,26). The topological polar surface area (TPSA) is 105 Å². The number of piperidine rings is 1. The average Bonchev–Trinajstić information content (AvgIpc) is 2.67. The van der Waals surface area contributed by atoms with Crippen molar-refractivity contribution >= 4 is 21.7 Å². The molecule has 1 aliphatic heterocycles. The summed E-state index contributed by atoms with van der Waals surface area (Å²) >= 11 is 0. The minimum Gasteiger partial charge on any atom is -0.360 e. The molecule has 0 spiro atoms. The fourth-order valence-corrected chi connectivity index (χ4v) is 4.02. The Hall–Kier alpha value is -2.45. The van der Waals surface area contributed by atoms with Gasteiger partial charge in [0.05, 0.1) is 6.54 Å². The molecule has 8 heteroatoms. The van der Waals surface area contributed by atoms with E-state index in [1.165, 1.54) is 23.9 Å². The van der Waals surface area contributed by atoms with Gasteiger partial charge in [-0.05, 0) is 42.9 Å². The minimum atomic E-state index is -3.89. The van der Waals surface area contributed by atoms with Crippen LogP contribution in [0.15, 0.2) is 53.6 Å². The van der Waals surface area contributed by atoms with Gasteiger partial charge in [0.1, 0.15) is 10.7 Å². The number of pyridine rings is 1. The first-order valence-electron chi connectivity index (χ1n) is 8.97. The molecule has 0 aliphatic carbocycles. The molecular formula is C19H24N4O3S. The summed E-state index contributed by atoms with van der Waals surface area (Å²) in [7, 11) is -3.89. The fourth-order valence-electron chi connectivity index (χ4n) is 3.36. The van der Waals surface area contributed by atoms with E-state index < -0.39 is 10.0 Å². The molecule has 27 heavy (non-hydrogen) atoms. The number of carbonyl (C=O) groups is 1. The SMILES string of the molecule is NS(=O)(=O)c1cccnc1NCC(=O)N1CCC(Cc2ccccc2)CC1. The summed E-state index contributed by atoms with van der Waals surface area (Å²) in [6.45, 7) is 1.41. The van der Waals surface area contributed by atoms with E-state index in [1.807, 2.05) is 23.1 Å². The molecule has 0 atom stereocenters. The number of nitrogens with zero attached hydrogens (tertiary/aromatic N) is 2. The maximum Gasteiger partial charge on any atom is 0.241 e. The summed E-state index contributed by atoms with van der Waals surface area (Å²) in [6.07, 6.45) is 4.42. The quantitative estimate of drug-likeness (QED) is 0.782. The van der Waals surface area contributed by atoms with Crippen molar-refractivity contribution in [3.05, 3.63) is 54.2 Å². The van der Waals surface area contributed by atoms with Crippen LogP contribution >= 0.6 is 0 Å². The summed E-state index contributed by atoms with van der Waals surface area (Å²) in [4.78, 5) is 18.1. The van der Waals surface area contributed by atoms with Crippen molar-refractivity contribution in [3.63, 3.8) is 0 Å². The molecule has 1 fully saturated rings. The van der Waals surface area contributed by atoms with E-state index in [1.54, 1.807) is 0 Å². The van der Waals surface area contributed by atoms with Crippen molar-refractivity contribution in [2.75, 3.05) is 25.0 Å². The molecule has 1 aliphatic rings. The first kappa shape index (κ1) is 19.3. The third kappa shape index (κ3) is 5.27. The Morgan fingerprint density at radius 2 is 1.85 bits per heavy atom. The molecule has 0 unspecified atom stereocenters. The molecule has 0 bridgehead atoms. The number of nitrogens with two attached hydrogens (primary N) is 1. The molecule has 1 saturated heterocycles. The highest BCUT2D eigenvalue weighted by Crippen LogP contribution is 2.22. The number of benzene rings is 1. The van der Waals surface area contributed by atoms with Crippen LogP contribution in [0.2, 0.25) is 0 Å². The van der Waals surface area contributed by atoms with Gasteiger partial charge in [0, 0.05) is 19.3 Å². The molecule has 0 radical (unpaired) electrons. The highest BCUT2D eigenvalue weighted by Gasteiger charge is 2.23. The zero-order chi connectivity index (χ0) is 19.3. The van der Waals surface area contributed by atoms with Gasteiger partial charge in [-0.1, -0.05) is 30.3 Å². The van der Waals surface area contributed by atoms with E-state index in [9.17, 15) is 13.2 Å². The Labute approximate surface area is 159 Å². The molecule has 144 valence electrons. The number of rotatable bonds is 6. The molecular weight excluding hydrogens is 364 g/mol. The molecule has 3 N–H and O–H groups in total. The van der Waals surface area contributed by atoms with Gasteiger partial charge in [0.15, 0.2) is 0 Å². The van der Waals surface area contributed by atoms with Crippen LogP contribution in [0.3, 0.4) is 0 Å². The van der Waals surface area contributed by atoms with E-state index in [-0.39, 0.29) is 23.2 Å². The number of carbonyl (C=O) groups excluding carboxylic acids is 1. The number of amides is 1. The van der Waals surface area contributed by atoms with Gasteiger partial charge < -0.3 is 10.2 Å². The first-order chi connectivity index (χ1) is 12.9. The highest BCUT2D eigenvalue weighted by atomic mass is 32.2. The van der Waals surface area contributed by atoms with Crippen molar-refractivity contribution in [2.45, 2.75) is 24.2 Å². The second-order valence-electron chi connectivity index (χ2n) is 6.76. The lowest BCUT2D eigenvalue weighted by molar-refractivity contribution is -0.130. The third-order valence-corrected chi connectivity index (χ3v) is 5.76. The smallest absolute Gasteiger partial charge is 0.241 e. The van der Waals surface area contributed by atoms with Crippen LogP contribution in [0.4, 0.5) is 5.82 Å². The Bertz CT molecular complexity index is 879. The number of nitrogens with one attached hydrogen (secondary N) is 1. The zero-order valence-electron chi connectivity index (χ0n) is 15.0. The van der Waals surface area contributed by atoms with Crippen molar-refractivity contribution in [1.82, 2.24) is 9.88 Å². The predicted molar refractivity (Wildman–Crippen MR) is 104 cm³/mol. The number of hydrogen-bond acceptors (Lipinski definition) is 5. The summed E-state index contributed by atoms with van der Waals surface area (Å²) in [5.74, 6) is 0.612. The van der Waals surface area contributed by atoms with Gasteiger partial charge in [0.2, 0.25) is 15.9 Å². The fraction of sp³-hybridized carbons (Fsp3) is 0.368. The van der Waals surface area contributed by atoms with E-state index in [0.717, 1.165) is 19.3 Å². The Kier molecular flexibility index (Phi) is 6.08. The molecule has 1 amide bonds. The van der Waals surface area contributed by atoms with Crippen molar-refractivity contribution in [2.24, 2.45) is 11.1 Å². The van der Waals surface area contributed by atoms with Crippen molar-refractivity contribution in [1.29, 1.82) is 0 Å². The van der Waals surface area contributed by atoms with Gasteiger partial charge in [-0.2, -0.15) is 0 Å². The molecule has 3 rings (SSSR count). The molecule has 1 aromatic carbocycles. The molecule has 0 saturated carbocycles. The number of sulfonamides is 1. The van der Waals surface area contributed by atoms with Gasteiger partial charge >= 0.3 is 0 Å². The second kappa shape index (κ2) is 8.49. The molecule has 1 aromatic heterocycles. The van der Waals surface area contributed by atoms with Crippen LogP contribution < -0.4 is 10.5 Å². The lowest BCUT2D eigenvalue weighted by Crippen LogP contribution is -2.41. The van der Waals surface area contributed by atoms with E-state index in [0.29, 0.717) is 19.0 Å². The van der Waals surface area contributed by atoms with Crippen molar-refractivity contribution in [3.8, 4) is 0 Å². The molecule has 2 heterocycles. The van der Waals surface area contributed by atoms with Crippen LogP contribution in [0.1, 0.15) is 18.4 Å².